The molecule has 90 valence electrons. The van der Waals surface area contributed by atoms with Crippen molar-refractivity contribution in [1.82, 2.24) is 14.4 Å². The molecule has 0 radical (unpaired) electrons. The van der Waals surface area contributed by atoms with Crippen LogP contribution in [0.5, 0.6) is 0 Å². The number of hydrogen-bond acceptors (Lipinski definition) is 5. The molecule has 1 aliphatic carbocycles. The van der Waals surface area contributed by atoms with Crippen LogP contribution in [0.3, 0.4) is 0 Å². The van der Waals surface area contributed by atoms with Crippen molar-refractivity contribution in [2.75, 3.05) is 11.6 Å². The van der Waals surface area contributed by atoms with Crippen molar-refractivity contribution in [3.8, 4) is 0 Å². The Hall–Kier alpha value is -2.07. The largest absolute Gasteiger partial charge is 0.356 e. The molecule has 0 atom stereocenters. The number of hydrogen-bond donors (Lipinski definition) is 1. The number of nitrogens with one attached hydrogen (secondary N) is 1. The van der Waals surface area contributed by atoms with Gasteiger partial charge in [-0.3, -0.25) is 9.36 Å². The van der Waals surface area contributed by atoms with Gasteiger partial charge in [-0.05, 0) is 6.42 Å². The summed E-state index contributed by atoms with van der Waals surface area (Å²) in [6.45, 7) is 0. The number of fused-ring (bicyclic) bond motifs is 1. The Morgan fingerprint density at radius 2 is 2.39 bits per heavy atom. The minimum absolute atomic E-state index is 0.0164. The number of carbonyl (C=O) groups excluding carboxylic acids is 1. The molecule has 0 saturated carbocycles. The first-order chi connectivity index (χ1) is 8.79. The third kappa shape index (κ3) is 1.91. The van der Waals surface area contributed by atoms with E-state index in [0.29, 0.717) is 17.2 Å². The van der Waals surface area contributed by atoms with Crippen LogP contribution in [0, 0.1) is 0 Å². The Kier molecular flexibility index (Phi) is 2.64. The number of aromatic nitrogens is 3. The van der Waals surface area contributed by atoms with Gasteiger partial charge >= 0.3 is 0 Å². The first kappa shape index (κ1) is 11.0. The number of imidazole rings is 1. The number of nitrogens with zero attached hydrogens (tertiary/aromatic N) is 3. The Labute approximate surface area is 104 Å². The monoisotopic (exact) mass is 260 g/mol. The summed E-state index contributed by atoms with van der Waals surface area (Å²) in [5.74, 6) is 0.483. The van der Waals surface area contributed by atoms with E-state index < -0.39 is 0 Å². The molecule has 6 nitrogen and oxygen atoms in total. The molecule has 3 rings (SSSR count). The van der Waals surface area contributed by atoms with Crippen LogP contribution in [0.15, 0.2) is 30.2 Å². The van der Waals surface area contributed by atoms with Crippen LogP contribution in [0.4, 0.5) is 5.82 Å². The maximum Gasteiger partial charge on any atom is 0.208 e. The summed E-state index contributed by atoms with van der Waals surface area (Å²) >= 11 is 0. The molecule has 0 aliphatic heterocycles. The Bertz CT molecular complexity index is 677. The van der Waals surface area contributed by atoms with Gasteiger partial charge < -0.3 is 9.72 Å². The van der Waals surface area contributed by atoms with Crippen molar-refractivity contribution in [2.24, 2.45) is 0 Å². The SMILES string of the molecule is O=PCNc1nccn2cc(C(=O)C3=CC3)nc12. The van der Waals surface area contributed by atoms with E-state index >= 15 is 0 Å². The normalized spacial score (nSPS) is 13.7. The highest BCUT2D eigenvalue weighted by Gasteiger charge is 2.22. The quantitative estimate of drug-likeness (QED) is 0.656. The smallest absolute Gasteiger partial charge is 0.208 e. The third-order valence-electron chi connectivity index (χ3n) is 2.62. The molecule has 0 amide bonds. The molecule has 7 heteroatoms. The molecule has 0 bridgehead atoms. The van der Waals surface area contributed by atoms with Gasteiger partial charge in [-0.1, -0.05) is 6.08 Å². The molecule has 0 aromatic carbocycles. The van der Waals surface area contributed by atoms with Crippen molar-refractivity contribution < 1.29 is 9.36 Å². The first-order valence-electron chi connectivity index (χ1n) is 5.40. The second kappa shape index (κ2) is 4.31. The van der Waals surface area contributed by atoms with E-state index in [0.717, 1.165) is 12.0 Å². The van der Waals surface area contributed by atoms with Crippen molar-refractivity contribution in [2.45, 2.75) is 6.42 Å². The van der Waals surface area contributed by atoms with Crippen LogP contribution < -0.4 is 5.32 Å². The minimum Gasteiger partial charge on any atom is -0.356 e. The van der Waals surface area contributed by atoms with Gasteiger partial charge in [-0.25, -0.2) is 9.97 Å². The summed E-state index contributed by atoms with van der Waals surface area (Å²) in [6, 6.07) is 0. The van der Waals surface area contributed by atoms with E-state index in [2.05, 4.69) is 15.3 Å². The summed E-state index contributed by atoms with van der Waals surface area (Å²) < 4.78 is 12.2. The molecule has 1 N–H and O–H groups in total. The fourth-order valence-corrected chi connectivity index (χ4v) is 1.88. The first-order valence-corrected chi connectivity index (χ1v) is 6.40. The van der Waals surface area contributed by atoms with E-state index in [4.69, 9.17) is 0 Å². The highest BCUT2D eigenvalue weighted by molar-refractivity contribution is 7.23. The summed E-state index contributed by atoms with van der Waals surface area (Å²) in [7, 11) is -0.0164. The summed E-state index contributed by atoms with van der Waals surface area (Å²) in [5.41, 5.74) is 1.78. The summed E-state index contributed by atoms with van der Waals surface area (Å²) in [5, 5.41) is 2.89. The molecule has 2 aromatic rings. The maximum atomic E-state index is 11.9. The van der Waals surface area contributed by atoms with Crippen LogP contribution in [-0.2, 0) is 4.57 Å². The zero-order chi connectivity index (χ0) is 12.5. The van der Waals surface area contributed by atoms with Crippen molar-refractivity contribution >= 4 is 25.7 Å². The number of carbonyl (C=O) groups is 1. The topological polar surface area (TPSA) is 76.4 Å². The van der Waals surface area contributed by atoms with E-state index in [1.807, 2.05) is 6.08 Å². The fourth-order valence-electron chi connectivity index (χ4n) is 1.66. The van der Waals surface area contributed by atoms with Crippen LogP contribution in [-0.4, -0.2) is 26.4 Å². The fraction of sp³-hybridized carbons (Fsp3) is 0.182. The standard InChI is InChI=1S/C11H9N4O2P/c16-9(7-1-2-7)8-5-15-4-3-12-10(11(15)14-8)13-6-18-17/h1,3-5H,2,6H2,(H,12,13). The van der Waals surface area contributed by atoms with Crippen LogP contribution >= 0.6 is 8.46 Å². The van der Waals surface area contributed by atoms with Crippen molar-refractivity contribution in [1.29, 1.82) is 0 Å². The molecule has 2 aromatic heterocycles. The second-order valence-electron chi connectivity index (χ2n) is 3.86. The van der Waals surface area contributed by atoms with E-state index in [1.165, 1.54) is 0 Å². The second-order valence-corrected chi connectivity index (χ2v) is 4.43. The number of Topliss-reactive ketones (excluding diaryl/α,β-unsaturated/α-hetero) is 1. The molecule has 1 aliphatic rings. The van der Waals surface area contributed by atoms with Gasteiger partial charge in [0.2, 0.25) is 5.78 Å². The van der Waals surface area contributed by atoms with Gasteiger partial charge in [-0.15, -0.1) is 0 Å². The van der Waals surface area contributed by atoms with E-state index in [1.54, 1.807) is 23.0 Å². The molecule has 0 fully saturated rings. The highest BCUT2D eigenvalue weighted by atomic mass is 31.1. The number of rotatable bonds is 5. The zero-order valence-electron chi connectivity index (χ0n) is 9.33. The number of anilines is 1. The average molecular weight is 260 g/mol. The van der Waals surface area contributed by atoms with Gasteiger partial charge in [0.15, 0.2) is 19.9 Å². The third-order valence-corrected chi connectivity index (χ3v) is 2.91. The molecule has 0 unspecified atom stereocenters. The van der Waals surface area contributed by atoms with Gasteiger partial charge in [0.25, 0.3) is 0 Å². The maximum absolute atomic E-state index is 11.9. The lowest BCUT2D eigenvalue weighted by Gasteiger charge is -2.01. The van der Waals surface area contributed by atoms with Crippen LogP contribution in [0.1, 0.15) is 16.9 Å². The lowest BCUT2D eigenvalue weighted by molar-refractivity contribution is 0.103. The Morgan fingerprint density at radius 1 is 1.56 bits per heavy atom. The molecular formula is C11H9N4O2P. The van der Waals surface area contributed by atoms with Crippen LogP contribution in [0.25, 0.3) is 5.65 Å². The molecule has 2 heterocycles. The van der Waals surface area contributed by atoms with Crippen molar-refractivity contribution in [3.63, 3.8) is 0 Å². The molecular weight excluding hydrogens is 251 g/mol. The predicted molar refractivity (Wildman–Crippen MR) is 66.1 cm³/mol. The van der Waals surface area contributed by atoms with Gasteiger partial charge in [0.1, 0.15) is 5.69 Å². The van der Waals surface area contributed by atoms with E-state index in [-0.39, 0.29) is 20.5 Å². The molecule has 0 spiro atoms. The zero-order valence-corrected chi connectivity index (χ0v) is 10.2. The van der Waals surface area contributed by atoms with Gasteiger partial charge in [0.05, 0.1) is 6.29 Å². The van der Waals surface area contributed by atoms with Crippen LogP contribution in [0.2, 0.25) is 0 Å². The highest BCUT2D eigenvalue weighted by Crippen LogP contribution is 2.24. The van der Waals surface area contributed by atoms with E-state index in [9.17, 15) is 9.36 Å². The molecule has 0 saturated heterocycles. The Balaban J connectivity index is 2.02. The lowest BCUT2D eigenvalue weighted by atomic mass is 10.2. The summed E-state index contributed by atoms with van der Waals surface area (Å²) in [4.78, 5) is 20.2. The minimum atomic E-state index is -0.0356. The summed E-state index contributed by atoms with van der Waals surface area (Å²) in [6.07, 6.45) is 7.89. The van der Waals surface area contributed by atoms with Gasteiger partial charge in [0, 0.05) is 24.2 Å². The van der Waals surface area contributed by atoms with Crippen molar-refractivity contribution in [3.05, 3.63) is 35.9 Å². The lowest BCUT2D eigenvalue weighted by Crippen LogP contribution is -2.00. The average Bonchev–Trinajstić information content (AvgIpc) is 3.14. The number of ketones is 1. The predicted octanol–water partition coefficient (Wildman–Crippen LogP) is 1.90. The van der Waals surface area contributed by atoms with Gasteiger partial charge in [-0.2, -0.15) is 0 Å². The molecule has 18 heavy (non-hydrogen) atoms. The number of allylic oxidation sites excluding steroid dienone is 2. The Morgan fingerprint density at radius 3 is 3.11 bits per heavy atom.